The van der Waals surface area contributed by atoms with E-state index in [1.807, 2.05) is 0 Å². The smallest absolute Gasteiger partial charge is 0.459 e. The fourth-order valence-corrected chi connectivity index (χ4v) is 5.71. The van der Waals surface area contributed by atoms with Gasteiger partial charge < -0.3 is 24.5 Å². The number of benzene rings is 1. The van der Waals surface area contributed by atoms with Crippen LogP contribution in [0.1, 0.15) is 33.9 Å². The molecule has 15 heteroatoms. The second-order valence-corrected chi connectivity index (χ2v) is 11.4. The number of carbonyl (C=O) groups excluding carboxylic acids is 2. The van der Waals surface area contributed by atoms with Gasteiger partial charge in [0.25, 0.3) is 0 Å². The van der Waals surface area contributed by atoms with E-state index in [9.17, 15) is 18.9 Å². The van der Waals surface area contributed by atoms with Gasteiger partial charge in [0.15, 0.2) is 6.10 Å². The number of aromatic nitrogens is 2. The van der Waals surface area contributed by atoms with E-state index < -0.39 is 49.2 Å². The highest BCUT2D eigenvalue weighted by atomic mass is 32.2. The van der Waals surface area contributed by atoms with E-state index >= 15 is 0 Å². The third-order valence-corrected chi connectivity index (χ3v) is 7.67. The average molecular weight is 571 g/mol. The summed E-state index contributed by atoms with van der Waals surface area (Å²) in [6.07, 6.45) is -0.694. The highest BCUT2D eigenvalue weighted by molar-refractivity contribution is 8.00. The molecule has 3 N–H and O–H groups in total. The van der Waals surface area contributed by atoms with E-state index in [-0.39, 0.29) is 24.3 Å². The Kier molecular flexibility index (Phi) is 10.3. The lowest BCUT2D eigenvalue weighted by Gasteiger charge is -2.24. The summed E-state index contributed by atoms with van der Waals surface area (Å²) in [6, 6.07) is 8.55. The summed E-state index contributed by atoms with van der Waals surface area (Å²) >= 11 is 1.33. The molecule has 0 spiro atoms. The topological polar surface area (TPSA) is 170 Å². The van der Waals surface area contributed by atoms with E-state index in [4.69, 9.17) is 29.0 Å². The molecule has 1 aromatic heterocycles. The molecule has 38 heavy (non-hydrogen) atoms. The highest BCUT2D eigenvalue weighted by Crippen LogP contribution is 2.46. The number of ether oxygens (including phenoxy) is 3. The third-order valence-electron chi connectivity index (χ3n) is 4.93. The maximum atomic E-state index is 13.7. The fraction of sp³-hybridized carbons (Fsp3) is 0.478. The Labute approximate surface area is 223 Å². The Bertz CT molecular complexity index is 1210. The Morgan fingerprint density at radius 2 is 1.89 bits per heavy atom. The second-order valence-electron chi connectivity index (χ2n) is 8.51. The van der Waals surface area contributed by atoms with Crippen LogP contribution in [0.4, 0.5) is 5.82 Å². The molecule has 3 rings (SSSR count). The van der Waals surface area contributed by atoms with Crippen LogP contribution in [0.15, 0.2) is 47.4 Å². The molecule has 13 nitrogen and oxygen atoms in total. The molecule has 1 aromatic carbocycles. The lowest BCUT2D eigenvalue weighted by atomic mass is 10.3. The summed E-state index contributed by atoms with van der Waals surface area (Å²) in [5.41, 5.74) is 4.37. The van der Waals surface area contributed by atoms with Crippen molar-refractivity contribution >= 4 is 37.3 Å². The van der Waals surface area contributed by atoms with Gasteiger partial charge in [0.05, 0.1) is 12.7 Å². The van der Waals surface area contributed by atoms with Crippen molar-refractivity contribution in [3.8, 4) is 5.75 Å². The number of carbonyl (C=O) groups is 2. The highest BCUT2D eigenvalue weighted by Gasteiger charge is 2.36. The van der Waals surface area contributed by atoms with Crippen LogP contribution in [0.5, 0.6) is 5.75 Å². The predicted molar refractivity (Wildman–Crippen MR) is 139 cm³/mol. The number of nitrogens with zero attached hydrogens (tertiary/aromatic N) is 2. The number of hydrogen-bond donors (Lipinski definition) is 2. The number of nitrogens with two attached hydrogens (primary N) is 1. The molecule has 2 heterocycles. The monoisotopic (exact) mass is 570 g/mol. The van der Waals surface area contributed by atoms with Crippen LogP contribution in [0.3, 0.4) is 0 Å². The number of para-hydroxylation sites is 1. The zero-order chi connectivity index (χ0) is 27.9. The lowest BCUT2D eigenvalue weighted by Crippen LogP contribution is -2.39. The van der Waals surface area contributed by atoms with Crippen molar-refractivity contribution in [2.45, 2.75) is 57.6 Å². The lowest BCUT2D eigenvalue weighted by molar-refractivity contribution is -0.169. The Morgan fingerprint density at radius 3 is 2.55 bits per heavy atom. The van der Waals surface area contributed by atoms with Crippen molar-refractivity contribution in [1.82, 2.24) is 14.6 Å². The SMILES string of the molecule is CC(C)OC(=O)[C@H](C)OC(=O)[C@H](C)N[P@](=O)(OC[C@@H]1O[C@H](n2ccc(N)nc2=O)CS1)Oc1ccccc1. The van der Waals surface area contributed by atoms with Gasteiger partial charge in [0, 0.05) is 11.9 Å². The molecule has 5 atom stereocenters. The minimum Gasteiger partial charge on any atom is -0.460 e. The van der Waals surface area contributed by atoms with Crippen molar-refractivity contribution in [2.24, 2.45) is 0 Å². The van der Waals surface area contributed by atoms with Gasteiger partial charge in [-0.1, -0.05) is 18.2 Å². The van der Waals surface area contributed by atoms with E-state index in [1.54, 1.807) is 44.2 Å². The minimum absolute atomic E-state index is 0.0979. The van der Waals surface area contributed by atoms with Crippen LogP contribution < -0.4 is 21.0 Å². The Hall–Kier alpha value is -2.90. The molecule has 208 valence electrons. The van der Waals surface area contributed by atoms with Gasteiger partial charge >= 0.3 is 25.4 Å². The van der Waals surface area contributed by atoms with Crippen LogP contribution >= 0.6 is 19.5 Å². The molecule has 0 bridgehead atoms. The molecule has 0 radical (unpaired) electrons. The first kappa shape index (κ1) is 29.7. The zero-order valence-electron chi connectivity index (χ0n) is 21.3. The number of anilines is 1. The minimum atomic E-state index is -4.16. The first-order chi connectivity index (χ1) is 18.0. The first-order valence-electron chi connectivity index (χ1n) is 11.8. The van der Waals surface area contributed by atoms with Crippen LogP contribution in [-0.4, -0.2) is 57.5 Å². The molecule has 2 aromatic rings. The summed E-state index contributed by atoms with van der Waals surface area (Å²) in [5, 5.41) is 2.55. The molecule has 1 aliphatic heterocycles. The molecular weight excluding hydrogens is 539 g/mol. The number of nitrogen functional groups attached to an aromatic ring is 1. The number of rotatable bonds is 12. The van der Waals surface area contributed by atoms with Crippen molar-refractivity contribution < 1.29 is 37.4 Å². The van der Waals surface area contributed by atoms with Gasteiger partial charge in [-0.3, -0.25) is 13.9 Å². The van der Waals surface area contributed by atoms with Gasteiger partial charge in [-0.2, -0.15) is 10.1 Å². The number of thioether (sulfide) groups is 1. The van der Waals surface area contributed by atoms with Crippen LogP contribution in [0.2, 0.25) is 0 Å². The van der Waals surface area contributed by atoms with Crippen LogP contribution in [-0.2, 0) is 32.9 Å². The molecule has 1 fully saturated rings. The van der Waals surface area contributed by atoms with Gasteiger partial charge in [0.1, 0.15) is 29.3 Å². The summed E-state index contributed by atoms with van der Waals surface area (Å²) in [7, 11) is -4.16. The Balaban J connectivity index is 1.65. The van der Waals surface area contributed by atoms with Gasteiger partial charge in [-0.05, 0) is 45.9 Å². The summed E-state index contributed by atoms with van der Waals surface area (Å²) < 4.78 is 42.2. The second kappa shape index (κ2) is 13.3. The normalized spacial score (nSPS) is 20.3. The Morgan fingerprint density at radius 1 is 1.18 bits per heavy atom. The quantitative estimate of drug-likeness (QED) is 0.282. The maximum Gasteiger partial charge on any atom is 0.459 e. The molecule has 0 amide bonds. The number of esters is 2. The molecule has 1 saturated heterocycles. The number of hydrogen-bond acceptors (Lipinski definition) is 12. The first-order valence-corrected chi connectivity index (χ1v) is 14.3. The van der Waals surface area contributed by atoms with Crippen LogP contribution in [0, 0.1) is 0 Å². The molecule has 1 aliphatic rings. The summed E-state index contributed by atoms with van der Waals surface area (Å²) in [5.74, 6) is -0.832. The largest absolute Gasteiger partial charge is 0.460 e. The van der Waals surface area contributed by atoms with Gasteiger partial charge in [0.2, 0.25) is 0 Å². The average Bonchev–Trinajstić information content (AvgIpc) is 3.31. The van der Waals surface area contributed by atoms with Crippen molar-refractivity contribution in [1.29, 1.82) is 0 Å². The predicted octanol–water partition coefficient (Wildman–Crippen LogP) is 2.48. The number of nitrogens with one attached hydrogen (secondary N) is 1. The third kappa shape index (κ3) is 8.57. The van der Waals surface area contributed by atoms with Gasteiger partial charge in [-0.25, -0.2) is 14.2 Å². The van der Waals surface area contributed by atoms with E-state index in [2.05, 4.69) is 10.1 Å². The van der Waals surface area contributed by atoms with E-state index in [0.717, 1.165) is 0 Å². The van der Waals surface area contributed by atoms with E-state index in [1.165, 1.54) is 42.4 Å². The zero-order valence-corrected chi connectivity index (χ0v) is 23.1. The summed E-state index contributed by atoms with van der Waals surface area (Å²) in [6.45, 7) is 5.91. The molecule has 0 aliphatic carbocycles. The van der Waals surface area contributed by atoms with Crippen molar-refractivity contribution in [3.05, 3.63) is 53.1 Å². The van der Waals surface area contributed by atoms with Crippen molar-refractivity contribution in [2.75, 3.05) is 18.1 Å². The van der Waals surface area contributed by atoms with Crippen LogP contribution in [0.25, 0.3) is 0 Å². The molecular formula is C23H31N4O9PS. The molecule has 0 saturated carbocycles. The van der Waals surface area contributed by atoms with Gasteiger partial charge in [-0.15, -0.1) is 11.8 Å². The molecule has 0 unspecified atom stereocenters. The van der Waals surface area contributed by atoms with E-state index in [0.29, 0.717) is 5.75 Å². The summed E-state index contributed by atoms with van der Waals surface area (Å²) in [4.78, 5) is 40.4. The maximum absolute atomic E-state index is 13.7. The fourth-order valence-electron chi connectivity index (χ4n) is 3.13. The van der Waals surface area contributed by atoms with Crippen molar-refractivity contribution in [3.63, 3.8) is 0 Å². The standard InChI is InChI=1S/C23H31N4O9PS/c1-14(2)33-22(29)16(4)34-21(28)15(3)26-37(31,36-17-8-6-5-7-9-17)32-12-20-35-19(13-38-20)27-11-10-18(24)25-23(27)30/h5-11,14-16,19-20H,12-13H2,1-4H3,(H,26,31)(H2,24,25,30)/t15-,16-,19-,20+,37-/m0/s1.